The Bertz CT molecular complexity index is 875. The lowest BCUT2D eigenvalue weighted by Crippen LogP contribution is -2.36. The van der Waals surface area contributed by atoms with Crippen LogP contribution in [0.25, 0.3) is 0 Å². The summed E-state index contributed by atoms with van der Waals surface area (Å²) in [4.78, 5) is 4.53. The molecule has 0 spiro atoms. The van der Waals surface area contributed by atoms with Crippen molar-refractivity contribution in [2.24, 2.45) is 4.99 Å². The normalized spacial score (nSPS) is 12.3. The molecule has 146 valence electrons. The number of hydrogen-bond donors (Lipinski definition) is 2. The topological polar surface area (TPSA) is 73.8 Å². The van der Waals surface area contributed by atoms with Crippen LogP contribution in [0.1, 0.15) is 23.6 Å². The van der Waals surface area contributed by atoms with E-state index in [0.29, 0.717) is 19.0 Å². The lowest BCUT2D eigenvalue weighted by molar-refractivity contribution is 0.520. The van der Waals surface area contributed by atoms with E-state index in [9.17, 15) is 8.42 Å². The highest BCUT2D eigenvalue weighted by Gasteiger charge is 2.16. The van der Waals surface area contributed by atoms with Gasteiger partial charge in [-0.2, -0.15) is 0 Å². The summed E-state index contributed by atoms with van der Waals surface area (Å²) in [6.07, 6.45) is 0.992. The first-order valence-corrected chi connectivity index (χ1v) is 10.3. The van der Waals surface area contributed by atoms with Gasteiger partial charge >= 0.3 is 0 Å². The molecule has 2 aromatic carbocycles. The molecule has 2 aromatic rings. The predicted octanol–water partition coefficient (Wildman–Crippen LogP) is 2.36. The van der Waals surface area contributed by atoms with Crippen LogP contribution in [0.15, 0.2) is 58.4 Å². The third-order valence-electron chi connectivity index (χ3n) is 4.33. The summed E-state index contributed by atoms with van der Waals surface area (Å²) in [6.45, 7) is 3.40. The van der Waals surface area contributed by atoms with Gasteiger partial charge in [-0.05, 0) is 35.2 Å². The second-order valence-electron chi connectivity index (χ2n) is 6.33. The zero-order chi connectivity index (χ0) is 19.9. The Hall–Kier alpha value is -2.38. The van der Waals surface area contributed by atoms with Crippen molar-refractivity contribution in [2.75, 3.05) is 21.1 Å². The molecule has 0 saturated carbocycles. The Balaban J connectivity index is 1.94. The maximum absolute atomic E-state index is 12.1. The van der Waals surface area contributed by atoms with Crippen LogP contribution in [0.3, 0.4) is 0 Å². The zero-order valence-electron chi connectivity index (χ0n) is 16.4. The number of guanidine groups is 1. The number of nitrogens with zero attached hydrogens (tertiary/aromatic N) is 2. The molecule has 2 rings (SSSR count). The summed E-state index contributed by atoms with van der Waals surface area (Å²) < 4.78 is 25.4. The minimum absolute atomic E-state index is 0.287. The molecule has 0 amide bonds. The maximum Gasteiger partial charge on any atom is 0.242 e. The standard InChI is InChI=1S/C20H28N4O2S/c1-5-17-8-6-7-9-18(17)15-23-20(21-2)22-14-16-10-12-19(13-11-16)27(25,26)24(3)4/h6-13H,5,14-15H2,1-4H3,(H2,21,22,23). The van der Waals surface area contributed by atoms with E-state index in [1.54, 1.807) is 19.2 Å². The monoisotopic (exact) mass is 388 g/mol. The van der Waals surface area contributed by atoms with Crippen molar-refractivity contribution < 1.29 is 8.42 Å². The summed E-state index contributed by atoms with van der Waals surface area (Å²) in [5.41, 5.74) is 3.55. The first kappa shape index (κ1) is 20.9. The summed E-state index contributed by atoms with van der Waals surface area (Å²) in [5.74, 6) is 0.700. The van der Waals surface area contributed by atoms with Crippen molar-refractivity contribution in [3.05, 3.63) is 65.2 Å². The molecule has 2 N–H and O–H groups in total. The maximum atomic E-state index is 12.1. The van der Waals surface area contributed by atoms with Crippen molar-refractivity contribution in [3.63, 3.8) is 0 Å². The quantitative estimate of drug-likeness (QED) is 0.564. The molecule has 0 bridgehead atoms. The molecule has 0 fully saturated rings. The molecule has 0 heterocycles. The Kier molecular flexibility index (Phi) is 7.38. The summed E-state index contributed by atoms with van der Waals surface area (Å²) >= 11 is 0. The van der Waals surface area contributed by atoms with Crippen molar-refractivity contribution in [1.29, 1.82) is 0 Å². The van der Waals surface area contributed by atoms with Crippen molar-refractivity contribution in [1.82, 2.24) is 14.9 Å². The minimum atomic E-state index is -3.40. The first-order valence-electron chi connectivity index (χ1n) is 8.91. The predicted molar refractivity (Wildman–Crippen MR) is 110 cm³/mol. The van der Waals surface area contributed by atoms with Gasteiger partial charge < -0.3 is 10.6 Å². The van der Waals surface area contributed by atoms with Gasteiger partial charge in [0, 0.05) is 34.2 Å². The largest absolute Gasteiger partial charge is 0.352 e. The van der Waals surface area contributed by atoms with E-state index in [1.165, 1.54) is 29.5 Å². The smallest absolute Gasteiger partial charge is 0.242 e. The highest BCUT2D eigenvalue weighted by atomic mass is 32.2. The minimum Gasteiger partial charge on any atom is -0.352 e. The highest BCUT2D eigenvalue weighted by molar-refractivity contribution is 7.89. The molecular formula is C20H28N4O2S. The molecule has 0 aliphatic rings. The lowest BCUT2D eigenvalue weighted by atomic mass is 10.1. The SMILES string of the molecule is CCc1ccccc1CNC(=NC)NCc1ccc(S(=O)(=O)N(C)C)cc1. The fourth-order valence-corrected chi connectivity index (χ4v) is 3.55. The van der Waals surface area contributed by atoms with E-state index in [-0.39, 0.29) is 4.90 Å². The van der Waals surface area contributed by atoms with E-state index < -0.39 is 10.0 Å². The van der Waals surface area contributed by atoms with Crippen molar-refractivity contribution in [2.45, 2.75) is 31.3 Å². The molecule has 0 aliphatic carbocycles. The van der Waals surface area contributed by atoms with E-state index in [1.807, 2.05) is 18.2 Å². The highest BCUT2D eigenvalue weighted by Crippen LogP contribution is 2.14. The molecule has 6 nitrogen and oxygen atoms in total. The van der Waals surface area contributed by atoms with Crippen molar-refractivity contribution >= 4 is 16.0 Å². The van der Waals surface area contributed by atoms with Crippen LogP contribution in [0, 0.1) is 0 Å². The van der Waals surface area contributed by atoms with E-state index in [0.717, 1.165) is 12.0 Å². The number of nitrogens with one attached hydrogen (secondary N) is 2. The van der Waals surface area contributed by atoms with Crippen LogP contribution in [0.5, 0.6) is 0 Å². The number of sulfonamides is 1. The van der Waals surface area contributed by atoms with Crippen LogP contribution >= 0.6 is 0 Å². The van der Waals surface area contributed by atoms with Gasteiger partial charge in [-0.25, -0.2) is 12.7 Å². The van der Waals surface area contributed by atoms with Gasteiger partial charge in [0.2, 0.25) is 10.0 Å². The molecule has 7 heteroatoms. The van der Waals surface area contributed by atoms with Crippen LogP contribution in [0.2, 0.25) is 0 Å². The fraction of sp³-hybridized carbons (Fsp3) is 0.350. The Labute approximate surface area is 162 Å². The molecule has 0 aromatic heterocycles. The van der Waals surface area contributed by atoms with Gasteiger partial charge in [-0.1, -0.05) is 43.3 Å². The molecule has 27 heavy (non-hydrogen) atoms. The van der Waals surface area contributed by atoms with E-state index in [4.69, 9.17) is 0 Å². The second-order valence-corrected chi connectivity index (χ2v) is 8.48. The molecule has 0 atom stereocenters. The fourth-order valence-electron chi connectivity index (χ4n) is 2.65. The zero-order valence-corrected chi connectivity index (χ0v) is 17.2. The molecule has 0 unspecified atom stereocenters. The van der Waals surface area contributed by atoms with Crippen LogP contribution in [-0.4, -0.2) is 39.8 Å². The number of aliphatic imine (C=N–C) groups is 1. The van der Waals surface area contributed by atoms with Gasteiger partial charge in [-0.15, -0.1) is 0 Å². The van der Waals surface area contributed by atoms with Crippen LogP contribution in [-0.2, 0) is 29.5 Å². The molecule has 0 radical (unpaired) electrons. The van der Waals surface area contributed by atoms with Gasteiger partial charge in [0.05, 0.1) is 4.90 Å². The molecule has 0 aliphatic heterocycles. The Morgan fingerprint density at radius 3 is 2.11 bits per heavy atom. The van der Waals surface area contributed by atoms with E-state index >= 15 is 0 Å². The van der Waals surface area contributed by atoms with Crippen molar-refractivity contribution in [3.8, 4) is 0 Å². The summed E-state index contributed by atoms with van der Waals surface area (Å²) in [5, 5.41) is 6.57. The number of aryl methyl sites for hydroxylation is 1. The summed E-state index contributed by atoms with van der Waals surface area (Å²) in [7, 11) is 1.38. The summed E-state index contributed by atoms with van der Waals surface area (Å²) in [6, 6.07) is 15.2. The Morgan fingerprint density at radius 1 is 0.963 bits per heavy atom. The number of benzene rings is 2. The van der Waals surface area contributed by atoms with Gasteiger partial charge in [0.1, 0.15) is 0 Å². The van der Waals surface area contributed by atoms with Crippen LogP contribution in [0.4, 0.5) is 0 Å². The van der Waals surface area contributed by atoms with Gasteiger partial charge in [0.25, 0.3) is 0 Å². The van der Waals surface area contributed by atoms with Gasteiger partial charge in [0.15, 0.2) is 5.96 Å². The molecule has 0 saturated heterocycles. The number of rotatable bonds is 7. The van der Waals surface area contributed by atoms with Gasteiger partial charge in [-0.3, -0.25) is 4.99 Å². The lowest BCUT2D eigenvalue weighted by Gasteiger charge is -2.14. The molecular weight excluding hydrogens is 360 g/mol. The third kappa shape index (κ3) is 5.55. The first-order chi connectivity index (χ1) is 12.9. The average Bonchev–Trinajstić information content (AvgIpc) is 2.68. The van der Waals surface area contributed by atoms with Crippen LogP contribution < -0.4 is 10.6 Å². The number of hydrogen-bond acceptors (Lipinski definition) is 3. The second kappa shape index (κ2) is 9.53. The third-order valence-corrected chi connectivity index (χ3v) is 6.16. The average molecular weight is 389 g/mol. The van der Waals surface area contributed by atoms with E-state index in [2.05, 4.69) is 40.7 Å². The Morgan fingerprint density at radius 2 is 1.56 bits per heavy atom.